The quantitative estimate of drug-likeness (QED) is 0.737. The van der Waals surface area contributed by atoms with Crippen LogP contribution in [-0.4, -0.2) is 30.4 Å². The van der Waals surface area contributed by atoms with E-state index in [1.807, 2.05) is 48.2 Å². The van der Waals surface area contributed by atoms with Crippen molar-refractivity contribution in [3.05, 3.63) is 66.2 Å². The fourth-order valence-electron chi connectivity index (χ4n) is 2.69. The standard InChI is InChI=1S/C20H26N2O/c1-3-21(17-18-11-7-5-8-12-18)16-15-20(23)22(4-2)19-13-9-6-10-14-19/h5-14H,3-4,15-17H2,1-2H3. The molecule has 0 spiro atoms. The van der Waals surface area contributed by atoms with Crippen molar-refractivity contribution in [2.45, 2.75) is 26.8 Å². The van der Waals surface area contributed by atoms with Gasteiger partial charge in [-0.05, 0) is 31.2 Å². The summed E-state index contributed by atoms with van der Waals surface area (Å²) in [7, 11) is 0. The van der Waals surface area contributed by atoms with Crippen molar-refractivity contribution in [3.8, 4) is 0 Å². The Morgan fingerprint density at radius 2 is 1.48 bits per heavy atom. The van der Waals surface area contributed by atoms with Gasteiger partial charge in [0.2, 0.25) is 5.91 Å². The Bertz CT molecular complexity index is 583. The number of carbonyl (C=O) groups excluding carboxylic acids is 1. The molecule has 0 radical (unpaired) electrons. The molecule has 1 amide bonds. The molecule has 0 bridgehead atoms. The normalized spacial score (nSPS) is 10.7. The van der Waals surface area contributed by atoms with Crippen LogP contribution in [0.1, 0.15) is 25.8 Å². The van der Waals surface area contributed by atoms with Gasteiger partial charge in [-0.3, -0.25) is 9.69 Å². The molecule has 0 unspecified atom stereocenters. The van der Waals surface area contributed by atoms with Gasteiger partial charge in [-0.15, -0.1) is 0 Å². The highest BCUT2D eigenvalue weighted by atomic mass is 16.2. The summed E-state index contributed by atoms with van der Waals surface area (Å²) in [5.74, 6) is 0.185. The number of benzene rings is 2. The number of anilines is 1. The van der Waals surface area contributed by atoms with Crippen LogP contribution in [0, 0.1) is 0 Å². The summed E-state index contributed by atoms with van der Waals surface area (Å²) < 4.78 is 0. The van der Waals surface area contributed by atoms with Crippen LogP contribution in [0.25, 0.3) is 0 Å². The molecule has 3 heteroatoms. The molecule has 0 aliphatic heterocycles. The Morgan fingerprint density at radius 1 is 0.870 bits per heavy atom. The number of carbonyl (C=O) groups is 1. The van der Waals surface area contributed by atoms with Gasteiger partial charge in [-0.2, -0.15) is 0 Å². The van der Waals surface area contributed by atoms with Crippen molar-refractivity contribution < 1.29 is 4.79 Å². The lowest BCUT2D eigenvalue weighted by Gasteiger charge is -2.24. The molecule has 0 aromatic heterocycles. The first-order valence-corrected chi connectivity index (χ1v) is 8.36. The highest BCUT2D eigenvalue weighted by Gasteiger charge is 2.14. The first-order valence-electron chi connectivity index (χ1n) is 8.36. The SMILES string of the molecule is CCN(CCC(=O)N(CC)c1ccccc1)Cc1ccccc1. The molecule has 2 rings (SSSR count). The van der Waals surface area contributed by atoms with Gasteiger partial charge in [0.25, 0.3) is 0 Å². The number of nitrogens with zero attached hydrogens (tertiary/aromatic N) is 2. The van der Waals surface area contributed by atoms with Gasteiger partial charge in [-0.1, -0.05) is 55.5 Å². The molecule has 0 saturated carbocycles. The average molecular weight is 310 g/mol. The van der Waals surface area contributed by atoms with Crippen LogP contribution in [0.15, 0.2) is 60.7 Å². The third kappa shape index (κ3) is 5.22. The van der Waals surface area contributed by atoms with E-state index >= 15 is 0 Å². The molecule has 0 fully saturated rings. The van der Waals surface area contributed by atoms with Gasteiger partial charge >= 0.3 is 0 Å². The molecule has 0 heterocycles. The van der Waals surface area contributed by atoms with E-state index < -0.39 is 0 Å². The summed E-state index contributed by atoms with van der Waals surface area (Å²) in [5.41, 5.74) is 2.27. The topological polar surface area (TPSA) is 23.6 Å². The van der Waals surface area contributed by atoms with Crippen LogP contribution < -0.4 is 4.90 Å². The monoisotopic (exact) mass is 310 g/mol. The van der Waals surface area contributed by atoms with Gasteiger partial charge in [0.15, 0.2) is 0 Å². The fraction of sp³-hybridized carbons (Fsp3) is 0.350. The van der Waals surface area contributed by atoms with E-state index in [1.165, 1.54) is 5.56 Å². The molecule has 23 heavy (non-hydrogen) atoms. The minimum atomic E-state index is 0.185. The Labute approximate surface area is 139 Å². The molecule has 122 valence electrons. The van der Waals surface area contributed by atoms with E-state index in [9.17, 15) is 4.79 Å². The summed E-state index contributed by atoms with van der Waals surface area (Å²) in [6.45, 7) is 7.48. The Kier molecular flexibility index (Phi) is 6.82. The molecule has 0 N–H and O–H groups in total. The smallest absolute Gasteiger partial charge is 0.228 e. The summed E-state index contributed by atoms with van der Waals surface area (Å²) in [6.07, 6.45) is 0.545. The van der Waals surface area contributed by atoms with E-state index in [4.69, 9.17) is 0 Å². The second-order valence-corrected chi connectivity index (χ2v) is 5.58. The highest BCUT2D eigenvalue weighted by Crippen LogP contribution is 2.14. The van der Waals surface area contributed by atoms with E-state index in [0.29, 0.717) is 13.0 Å². The van der Waals surface area contributed by atoms with Crippen LogP contribution >= 0.6 is 0 Å². The summed E-state index contributed by atoms with van der Waals surface area (Å²) >= 11 is 0. The van der Waals surface area contributed by atoms with Crippen molar-refractivity contribution in [3.63, 3.8) is 0 Å². The Morgan fingerprint density at radius 3 is 2.04 bits per heavy atom. The number of para-hydroxylation sites is 1. The molecule has 0 aliphatic rings. The summed E-state index contributed by atoms with van der Waals surface area (Å²) in [6, 6.07) is 20.3. The minimum absolute atomic E-state index is 0.185. The molecule has 2 aromatic carbocycles. The fourth-order valence-corrected chi connectivity index (χ4v) is 2.69. The van der Waals surface area contributed by atoms with Crippen LogP contribution in [0.4, 0.5) is 5.69 Å². The molecular formula is C20H26N2O. The average Bonchev–Trinajstić information content (AvgIpc) is 2.61. The van der Waals surface area contributed by atoms with Gasteiger partial charge in [0, 0.05) is 31.7 Å². The van der Waals surface area contributed by atoms with Gasteiger partial charge in [0.05, 0.1) is 0 Å². The molecule has 0 saturated heterocycles. The first kappa shape index (κ1) is 17.2. The van der Waals surface area contributed by atoms with Crippen molar-refractivity contribution in [1.82, 2.24) is 4.90 Å². The number of hydrogen-bond acceptors (Lipinski definition) is 2. The van der Waals surface area contributed by atoms with Crippen molar-refractivity contribution in [2.24, 2.45) is 0 Å². The third-order valence-electron chi connectivity index (χ3n) is 4.02. The molecule has 3 nitrogen and oxygen atoms in total. The molecule has 0 atom stereocenters. The van der Waals surface area contributed by atoms with Crippen molar-refractivity contribution >= 4 is 11.6 Å². The lowest BCUT2D eigenvalue weighted by atomic mass is 10.2. The van der Waals surface area contributed by atoms with E-state index in [0.717, 1.165) is 25.3 Å². The van der Waals surface area contributed by atoms with Gasteiger partial charge in [0.1, 0.15) is 0 Å². The largest absolute Gasteiger partial charge is 0.313 e. The third-order valence-corrected chi connectivity index (χ3v) is 4.02. The summed E-state index contributed by atoms with van der Waals surface area (Å²) in [5, 5.41) is 0. The zero-order valence-corrected chi connectivity index (χ0v) is 14.1. The number of amides is 1. The second-order valence-electron chi connectivity index (χ2n) is 5.58. The second kappa shape index (κ2) is 9.11. The molecule has 0 aliphatic carbocycles. The maximum atomic E-state index is 12.5. The van der Waals surface area contributed by atoms with E-state index in [2.05, 4.69) is 36.1 Å². The van der Waals surface area contributed by atoms with E-state index in [1.54, 1.807) is 0 Å². The minimum Gasteiger partial charge on any atom is -0.313 e. The van der Waals surface area contributed by atoms with Crippen LogP contribution in [-0.2, 0) is 11.3 Å². The predicted octanol–water partition coefficient (Wildman–Crippen LogP) is 3.95. The molecule has 2 aromatic rings. The van der Waals surface area contributed by atoms with Crippen LogP contribution in [0.3, 0.4) is 0 Å². The molecular weight excluding hydrogens is 284 g/mol. The van der Waals surface area contributed by atoms with E-state index in [-0.39, 0.29) is 5.91 Å². The van der Waals surface area contributed by atoms with Crippen LogP contribution in [0.2, 0.25) is 0 Å². The summed E-state index contributed by atoms with van der Waals surface area (Å²) in [4.78, 5) is 16.7. The Hall–Kier alpha value is -2.13. The number of rotatable bonds is 8. The van der Waals surface area contributed by atoms with Crippen molar-refractivity contribution in [1.29, 1.82) is 0 Å². The predicted molar refractivity (Wildman–Crippen MR) is 96.5 cm³/mol. The van der Waals surface area contributed by atoms with Crippen molar-refractivity contribution in [2.75, 3.05) is 24.5 Å². The lowest BCUT2D eigenvalue weighted by molar-refractivity contribution is -0.118. The maximum absolute atomic E-state index is 12.5. The zero-order chi connectivity index (χ0) is 16.5. The lowest BCUT2D eigenvalue weighted by Crippen LogP contribution is -2.34. The highest BCUT2D eigenvalue weighted by molar-refractivity contribution is 5.93. The Balaban J connectivity index is 1.91. The van der Waals surface area contributed by atoms with Gasteiger partial charge in [-0.25, -0.2) is 0 Å². The number of hydrogen-bond donors (Lipinski definition) is 0. The first-order chi connectivity index (χ1) is 11.2. The zero-order valence-electron chi connectivity index (χ0n) is 14.1. The van der Waals surface area contributed by atoms with Crippen LogP contribution in [0.5, 0.6) is 0 Å². The maximum Gasteiger partial charge on any atom is 0.228 e. The van der Waals surface area contributed by atoms with Gasteiger partial charge < -0.3 is 4.90 Å².